The van der Waals surface area contributed by atoms with Gasteiger partial charge in [0.1, 0.15) is 16.5 Å². The first kappa shape index (κ1) is 18.3. The normalized spacial score (nSPS) is 11.5. The summed E-state index contributed by atoms with van der Waals surface area (Å²) in [6.07, 6.45) is 1.58. The average molecular weight is 402 g/mol. The molecule has 2 aromatic carbocycles. The van der Waals surface area contributed by atoms with E-state index in [4.69, 9.17) is 0 Å². The molecule has 1 heterocycles. The lowest BCUT2D eigenvalue weighted by atomic mass is 10.1. The number of rotatable bonds is 5. The first-order chi connectivity index (χ1) is 12.2. The molecule has 0 aliphatic carbocycles. The number of thiazole rings is 1. The fraction of sp³-hybridized carbons (Fsp3) is 0.0625. The van der Waals surface area contributed by atoms with Gasteiger partial charge in [0.15, 0.2) is 16.8 Å². The maximum Gasteiger partial charge on any atom is 0.266 e. The number of sulfonamides is 1. The summed E-state index contributed by atoms with van der Waals surface area (Å²) in [5, 5.41) is -0.0358. The molecule has 0 unspecified atom stereocenters. The molecule has 10 heteroatoms. The number of halogens is 4. The Labute approximate surface area is 150 Å². The first-order valence-corrected chi connectivity index (χ1v) is 9.41. The summed E-state index contributed by atoms with van der Waals surface area (Å²) in [5.74, 6) is -4.08. The molecule has 26 heavy (non-hydrogen) atoms. The number of nitrogens with zero attached hydrogens (tertiary/aromatic N) is 1. The molecule has 0 spiro atoms. The zero-order valence-electron chi connectivity index (χ0n) is 12.8. The number of hydrogen-bond donors (Lipinski definition) is 1. The summed E-state index contributed by atoms with van der Waals surface area (Å²) in [7, 11) is -4.29. The van der Waals surface area contributed by atoms with E-state index in [9.17, 15) is 26.0 Å². The lowest BCUT2D eigenvalue weighted by molar-refractivity contribution is 0.507. The molecule has 0 aliphatic rings. The minimum atomic E-state index is -4.29. The van der Waals surface area contributed by atoms with Crippen LogP contribution in [0.25, 0.3) is 0 Å². The van der Waals surface area contributed by atoms with E-state index >= 15 is 0 Å². The Bertz CT molecular complexity index is 1070. The van der Waals surface area contributed by atoms with Gasteiger partial charge in [-0.05, 0) is 29.8 Å². The predicted molar refractivity (Wildman–Crippen MR) is 88.4 cm³/mol. The molecule has 0 radical (unpaired) electrons. The molecule has 0 saturated carbocycles. The Morgan fingerprint density at radius 1 is 0.962 bits per heavy atom. The fourth-order valence-electron chi connectivity index (χ4n) is 2.15. The number of hydrogen-bond acceptors (Lipinski definition) is 4. The third-order valence-electron chi connectivity index (χ3n) is 3.32. The average Bonchev–Trinajstić information content (AvgIpc) is 2.96. The van der Waals surface area contributed by atoms with Gasteiger partial charge in [-0.15, -0.1) is 11.3 Å². The van der Waals surface area contributed by atoms with Crippen LogP contribution in [0.2, 0.25) is 0 Å². The van der Waals surface area contributed by atoms with Crippen molar-refractivity contribution >= 4 is 26.5 Å². The molecule has 3 aromatic rings. The van der Waals surface area contributed by atoms with E-state index in [1.807, 2.05) is 0 Å². The molecule has 0 aliphatic heterocycles. The van der Waals surface area contributed by atoms with Crippen molar-refractivity contribution in [1.82, 2.24) is 4.98 Å². The molecule has 0 atom stereocenters. The van der Waals surface area contributed by atoms with Gasteiger partial charge in [-0.2, -0.15) is 0 Å². The highest BCUT2D eigenvalue weighted by Crippen LogP contribution is 2.25. The van der Waals surface area contributed by atoms with E-state index < -0.39 is 38.2 Å². The van der Waals surface area contributed by atoms with Crippen molar-refractivity contribution in [1.29, 1.82) is 0 Å². The van der Waals surface area contributed by atoms with Gasteiger partial charge in [-0.1, -0.05) is 6.07 Å². The van der Waals surface area contributed by atoms with Gasteiger partial charge in [0, 0.05) is 23.6 Å². The number of anilines is 1. The quantitative estimate of drug-likeness (QED) is 0.654. The summed E-state index contributed by atoms with van der Waals surface area (Å²) < 4.78 is 79.2. The monoisotopic (exact) mass is 402 g/mol. The minimum absolute atomic E-state index is 0.0358. The van der Waals surface area contributed by atoms with Crippen molar-refractivity contribution in [3.63, 3.8) is 0 Å². The van der Waals surface area contributed by atoms with Gasteiger partial charge in [-0.25, -0.2) is 31.0 Å². The summed E-state index contributed by atoms with van der Waals surface area (Å²) >= 11 is 0.954. The van der Waals surface area contributed by atoms with Crippen molar-refractivity contribution in [2.75, 3.05) is 4.72 Å². The molecule has 0 bridgehead atoms. The number of aromatic nitrogens is 1. The highest BCUT2D eigenvalue weighted by molar-refractivity contribution is 7.93. The second-order valence-corrected chi connectivity index (χ2v) is 8.00. The Morgan fingerprint density at radius 3 is 2.42 bits per heavy atom. The number of benzene rings is 2. The van der Waals surface area contributed by atoms with Crippen LogP contribution in [-0.2, 0) is 16.4 Å². The SMILES string of the molecule is O=S(=O)(Nc1ncc(Cc2ccc(F)c(F)c2)s1)c1ccc(F)cc1F. The van der Waals surface area contributed by atoms with E-state index in [-0.39, 0.29) is 11.6 Å². The molecule has 3 rings (SSSR count). The zero-order chi connectivity index (χ0) is 18.9. The van der Waals surface area contributed by atoms with E-state index in [0.717, 1.165) is 35.6 Å². The minimum Gasteiger partial charge on any atom is -0.255 e. The van der Waals surface area contributed by atoms with Crippen LogP contribution in [0.15, 0.2) is 47.5 Å². The summed E-state index contributed by atoms with van der Waals surface area (Å²) in [6, 6.07) is 5.52. The predicted octanol–water partition coefficient (Wildman–Crippen LogP) is 4.09. The van der Waals surface area contributed by atoms with E-state index in [0.29, 0.717) is 16.5 Å². The van der Waals surface area contributed by atoms with E-state index in [1.165, 1.54) is 12.3 Å². The van der Waals surface area contributed by atoms with Gasteiger partial charge in [-0.3, -0.25) is 4.72 Å². The Hall–Kier alpha value is -2.46. The number of nitrogens with one attached hydrogen (secondary N) is 1. The molecular weight excluding hydrogens is 392 g/mol. The van der Waals surface area contributed by atoms with Crippen molar-refractivity contribution in [3.05, 3.63) is 76.3 Å². The second-order valence-electron chi connectivity index (χ2n) is 5.24. The van der Waals surface area contributed by atoms with Gasteiger partial charge in [0.25, 0.3) is 10.0 Å². The van der Waals surface area contributed by atoms with Crippen LogP contribution >= 0.6 is 11.3 Å². The first-order valence-electron chi connectivity index (χ1n) is 7.11. The Morgan fingerprint density at radius 2 is 1.73 bits per heavy atom. The summed E-state index contributed by atoms with van der Waals surface area (Å²) in [6.45, 7) is 0. The highest BCUT2D eigenvalue weighted by atomic mass is 32.2. The van der Waals surface area contributed by atoms with Gasteiger partial charge in [0.2, 0.25) is 0 Å². The maximum atomic E-state index is 13.7. The van der Waals surface area contributed by atoms with Crippen molar-refractivity contribution in [2.24, 2.45) is 0 Å². The zero-order valence-corrected chi connectivity index (χ0v) is 14.5. The Balaban J connectivity index is 1.78. The highest BCUT2D eigenvalue weighted by Gasteiger charge is 2.21. The summed E-state index contributed by atoms with van der Waals surface area (Å²) in [4.78, 5) is 3.74. The van der Waals surface area contributed by atoms with E-state index in [2.05, 4.69) is 9.71 Å². The molecule has 4 nitrogen and oxygen atoms in total. The van der Waals surface area contributed by atoms with Crippen LogP contribution in [0.3, 0.4) is 0 Å². The molecule has 0 fully saturated rings. The lowest BCUT2D eigenvalue weighted by Crippen LogP contribution is -2.14. The third kappa shape index (κ3) is 4.02. The van der Waals surface area contributed by atoms with Crippen molar-refractivity contribution < 1.29 is 26.0 Å². The Kier molecular flexibility index (Phi) is 4.97. The second kappa shape index (κ2) is 7.04. The van der Waals surface area contributed by atoms with Gasteiger partial charge >= 0.3 is 0 Å². The van der Waals surface area contributed by atoms with Crippen molar-refractivity contribution in [2.45, 2.75) is 11.3 Å². The van der Waals surface area contributed by atoms with Crippen LogP contribution in [0.4, 0.5) is 22.7 Å². The van der Waals surface area contributed by atoms with Crippen LogP contribution in [-0.4, -0.2) is 13.4 Å². The molecule has 136 valence electrons. The van der Waals surface area contributed by atoms with Crippen LogP contribution in [0.1, 0.15) is 10.4 Å². The van der Waals surface area contributed by atoms with Crippen molar-refractivity contribution in [3.8, 4) is 0 Å². The van der Waals surface area contributed by atoms with Gasteiger partial charge in [0.05, 0.1) is 0 Å². The molecule has 1 aromatic heterocycles. The van der Waals surface area contributed by atoms with Crippen LogP contribution in [0, 0.1) is 23.3 Å². The van der Waals surface area contributed by atoms with Crippen LogP contribution < -0.4 is 4.72 Å². The molecule has 0 saturated heterocycles. The largest absolute Gasteiger partial charge is 0.266 e. The standard InChI is InChI=1S/C16H10F4N2O2S2/c17-10-2-4-15(14(20)7-10)26(23,24)22-16-21-8-11(25-16)5-9-1-3-12(18)13(19)6-9/h1-4,6-8H,5H2,(H,21,22). The third-order valence-corrected chi connectivity index (χ3v) is 5.74. The van der Waals surface area contributed by atoms with Crippen LogP contribution in [0.5, 0.6) is 0 Å². The smallest absolute Gasteiger partial charge is 0.255 e. The topological polar surface area (TPSA) is 59.1 Å². The molecule has 1 N–H and O–H groups in total. The fourth-order valence-corrected chi connectivity index (χ4v) is 4.30. The molecular formula is C16H10F4N2O2S2. The van der Waals surface area contributed by atoms with E-state index in [1.54, 1.807) is 0 Å². The lowest BCUT2D eigenvalue weighted by Gasteiger charge is -2.06. The van der Waals surface area contributed by atoms with Gasteiger partial charge < -0.3 is 0 Å². The summed E-state index contributed by atoms with van der Waals surface area (Å²) in [5.41, 5.74) is 0.478. The molecule has 0 amide bonds. The maximum absolute atomic E-state index is 13.7.